The van der Waals surface area contributed by atoms with Gasteiger partial charge >= 0.3 is 0 Å². The summed E-state index contributed by atoms with van der Waals surface area (Å²) >= 11 is 0. The molecule has 55 heavy (non-hydrogen) atoms. The van der Waals surface area contributed by atoms with Crippen LogP contribution >= 0.6 is 0 Å². The third kappa shape index (κ3) is 17.8. The average Bonchev–Trinajstić information content (AvgIpc) is 3.11. The van der Waals surface area contributed by atoms with E-state index in [1.165, 1.54) is 20.9 Å². The fraction of sp³-hybridized carbons (Fsp3) is 0.571. The van der Waals surface area contributed by atoms with E-state index in [0.717, 1.165) is 0 Å². The number of nitrogens with one attached hydrogen (secondary N) is 7. The molecule has 0 bridgehead atoms. The highest BCUT2D eigenvalue weighted by atomic mass is 16.3. The lowest BCUT2D eigenvalue weighted by Gasteiger charge is -2.28. The van der Waals surface area contributed by atoms with Crippen molar-refractivity contribution in [2.75, 3.05) is 13.7 Å². The van der Waals surface area contributed by atoms with Gasteiger partial charge in [0, 0.05) is 33.2 Å². The number of amides is 9. The molecule has 1 aromatic rings. The maximum atomic E-state index is 13.6. The van der Waals surface area contributed by atoms with E-state index < -0.39 is 128 Å². The third-order valence-electron chi connectivity index (χ3n) is 8.07. The van der Waals surface area contributed by atoms with Crippen LogP contribution in [-0.4, -0.2) is 119 Å². The van der Waals surface area contributed by atoms with Crippen molar-refractivity contribution >= 4 is 53.2 Å². The molecular formula is C35H55N9O11. The van der Waals surface area contributed by atoms with E-state index in [0.29, 0.717) is 5.56 Å². The number of benzene rings is 1. The summed E-state index contributed by atoms with van der Waals surface area (Å²) < 4.78 is 0. The van der Waals surface area contributed by atoms with Gasteiger partial charge in [-0.1, -0.05) is 44.2 Å². The Kier molecular flexibility index (Phi) is 20.6. The molecule has 1 aromatic carbocycles. The molecule has 0 saturated carbocycles. The molecule has 20 nitrogen and oxygen atoms in total. The van der Waals surface area contributed by atoms with Crippen LogP contribution in [0, 0.1) is 5.92 Å². The summed E-state index contributed by atoms with van der Waals surface area (Å²) in [6.07, 6.45) is -2.97. The summed E-state index contributed by atoms with van der Waals surface area (Å²) in [5, 5.41) is 37.1. The summed E-state index contributed by atoms with van der Waals surface area (Å²) in [5.41, 5.74) is 11.3. The van der Waals surface area contributed by atoms with Gasteiger partial charge in [-0.25, -0.2) is 0 Å². The molecule has 306 valence electrons. The van der Waals surface area contributed by atoms with E-state index in [4.69, 9.17) is 11.5 Å². The highest BCUT2D eigenvalue weighted by Gasteiger charge is 2.35. The molecular weight excluding hydrogens is 722 g/mol. The molecule has 0 radical (unpaired) electrons. The number of rotatable bonds is 24. The van der Waals surface area contributed by atoms with Gasteiger partial charge in [0.05, 0.1) is 12.7 Å². The fourth-order valence-corrected chi connectivity index (χ4v) is 5.22. The maximum absolute atomic E-state index is 13.6. The van der Waals surface area contributed by atoms with Gasteiger partial charge in [-0.05, 0) is 37.7 Å². The number of carbonyl (C=O) groups is 9. The molecule has 1 unspecified atom stereocenters. The number of carbonyl (C=O) groups excluding carboxylic acids is 9. The average molecular weight is 778 g/mol. The maximum Gasteiger partial charge on any atom is 0.245 e. The van der Waals surface area contributed by atoms with Gasteiger partial charge in [0.2, 0.25) is 53.2 Å². The highest BCUT2D eigenvalue weighted by Crippen LogP contribution is 2.09. The number of aliphatic hydroxyl groups is 2. The quantitative estimate of drug-likeness (QED) is 0.0479. The van der Waals surface area contributed by atoms with Crippen LogP contribution in [0.5, 0.6) is 0 Å². The molecule has 1 rings (SSSR count). The predicted octanol–water partition coefficient (Wildman–Crippen LogP) is -4.15. The Balaban J connectivity index is 3.27. The van der Waals surface area contributed by atoms with E-state index in [-0.39, 0.29) is 18.8 Å². The third-order valence-corrected chi connectivity index (χ3v) is 8.07. The Labute approximate surface area is 319 Å². The smallest absolute Gasteiger partial charge is 0.245 e. The van der Waals surface area contributed by atoms with Crippen molar-refractivity contribution in [3.05, 3.63) is 35.9 Å². The van der Waals surface area contributed by atoms with Crippen LogP contribution in [0.3, 0.4) is 0 Å². The Hall–Kier alpha value is -5.63. The molecule has 0 aromatic heterocycles. The number of hydrogen-bond acceptors (Lipinski definition) is 11. The Morgan fingerprint density at radius 1 is 0.618 bits per heavy atom. The Bertz CT molecular complexity index is 1510. The topological polar surface area (TPSA) is 330 Å². The van der Waals surface area contributed by atoms with Crippen molar-refractivity contribution in [3.63, 3.8) is 0 Å². The zero-order chi connectivity index (χ0) is 41.8. The van der Waals surface area contributed by atoms with Gasteiger partial charge in [0.25, 0.3) is 0 Å². The molecule has 7 atom stereocenters. The van der Waals surface area contributed by atoms with E-state index in [2.05, 4.69) is 37.2 Å². The van der Waals surface area contributed by atoms with E-state index >= 15 is 0 Å². The normalized spacial score (nSPS) is 14.7. The summed E-state index contributed by atoms with van der Waals surface area (Å²) in [5.74, 6) is -7.79. The first kappa shape index (κ1) is 47.4. The fourth-order valence-electron chi connectivity index (χ4n) is 5.22. The van der Waals surface area contributed by atoms with Crippen LogP contribution in [0.25, 0.3) is 0 Å². The van der Waals surface area contributed by atoms with Crippen LogP contribution in [0.4, 0.5) is 0 Å². The molecule has 0 saturated heterocycles. The van der Waals surface area contributed by atoms with Crippen LogP contribution < -0.4 is 48.7 Å². The summed E-state index contributed by atoms with van der Waals surface area (Å²) in [6.45, 7) is 5.05. The first-order valence-electron chi connectivity index (χ1n) is 17.7. The first-order chi connectivity index (χ1) is 25.8. The lowest BCUT2D eigenvalue weighted by molar-refractivity contribution is -0.137. The number of nitrogens with two attached hydrogens (primary N) is 2. The van der Waals surface area contributed by atoms with Gasteiger partial charge < -0.3 is 58.9 Å². The van der Waals surface area contributed by atoms with Crippen LogP contribution in [0.2, 0.25) is 0 Å². The molecule has 0 spiro atoms. The summed E-state index contributed by atoms with van der Waals surface area (Å²) in [7, 11) is 1.36. The lowest BCUT2D eigenvalue weighted by Crippen LogP contribution is -2.61. The lowest BCUT2D eigenvalue weighted by atomic mass is 10.0. The van der Waals surface area contributed by atoms with Crippen molar-refractivity contribution in [1.82, 2.24) is 37.2 Å². The minimum atomic E-state index is -1.67. The highest BCUT2D eigenvalue weighted by molar-refractivity contribution is 5.97. The number of likely N-dealkylation sites (N-methyl/N-ethyl adjacent to an activating group) is 1. The van der Waals surface area contributed by atoms with Crippen molar-refractivity contribution in [3.8, 4) is 0 Å². The molecule has 0 aliphatic rings. The van der Waals surface area contributed by atoms with Crippen molar-refractivity contribution < 1.29 is 53.4 Å². The van der Waals surface area contributed by atoms with E-state index in [9.17, 15) is 53.4 Å². The van der Waals surface area contributed by atoms with E-state index in [1.54, 1.807) is 44.2 Å². The van der Waals surface area contributed by atoms with E-state index in [1.807, 2.05) is 0 Å². The van der Waals surface area contributed by atoms with Crippen molar-refractivity contribution in [1.29, 1.82) is 0 Å². The molecule has 0 aliphatic carbocycles. The Morgan fingerprint density at radius 2 is 1.07 bits per heavy atom. The van der Waals surface area contributed by atoms with Gasteiger partial charge in [-0.15, -0.1) is 0 Å². The monoisotopic (exact) mass is 777 g/mol. The Morgan fingerprint density at radius 3 is 1.51 bits per heavy atom. The van der Waals surface area contributed by atoms with Crippen LogP contribution in [0.1, 0.15) is 65.4 Å². The minimum Gasteiger partial charge on any atom is -0.394 e. The zero-order valence-corrected chi connectivity index (χ0v) is 31.7. The van der Waals surface area contributed by atoms with Crippen LogP contribution in [0.15, 0.2) is 30.3 Å². The minimum absolute atomic E-state index is 0.0463. The molecule has 0 aliphatic heterocycles. The molecule has 0 fully saturated rings. The second kappa shape index (κ2) is 23.9. The van der Waals surface area contributed by atoms with Crippen molar-refractivity contribution in [2.24, 2.45) is 17.4 Å². The second-order valence-corrected chi connectivity index (χ2v) is 13.4. The second-order valence-electron chi connectivity index (χ2n) is 13.4. The standard InChI is InChI=1S/C35H55N9O11/c1-18(2)15-24(39-20(4)47)33(53)43-26(17-45)34(54)41-22(11-13-27(36)48)31(51)40-23(12-14-28(37)49)32(52)44-29(19(3)46)35(55)42-25(30(50)38-5)16-21-9-7-6-8-10-21/h6-10,18-19,22-26,29,45-46H,11-17H2,1-5H3,(H2,36,48)(H2,37,49)(H,38,50)(H,39,47)(H,40,51)(H,41,54)(H,42,55)(H,43,53)(H,44,52)/t19?,22-,23-,24-,25-,26-,29-/m0/s1. The van der Waals surface area contributed by atoms with Gasteiger partial charge in [0.15, 0.2) is 0 Å². The van der Waals surface area contributed by atoms with Gasteiger partial charge in [-0.2, -0.15) is 0 Å². The van der Waals surface area contributed by atoms with Crippen LogP contribution in [-0.2, 0) is 49.6 Å². The SMILES string of the molecule is CNC(=O)[C@H](Cc1ccccc1)NC(=O)[C@@H](NC(=O)[C@H](CCC(N)=O)NC(=O)[C@H](CCC(N)=O)NC(=O)[C@H](CO)NC(=O)[C@H](CC(C)C)NC(C)=O)C(C)O. The molecule has 9 amide bonds. The first-order valence-corrected chi connectivity index (χ1v) is 17.7. The predicted molar refractivity (Wildman–Crippen MR) is 197 cm³/mol. The summed E-state index contributed by atoms with van der Waals surface area (Å²) in [4.78, 5) is 114. The number of primary amides is 2. The van der Waals surface area contributed by atoms with Gasteiger partial charge in [-0.3, -0.25) is 43.2 Å². The largest absolute Gasteiger partial charge is 0.394 e. The molecule has 0 heterocycles. The summed E-state index contributed by atoms with van der Waals surface area (Å²) in [6, 6.07) is 0.0524. The van der Waals surface area contributed by atoms with Gasteiger partial charge in [0.1, 0.15) is 36.3 Å². The zero-order valence-electron chi connectivity index (χ0n) is 31.7. The number of hydrogen-bond donors (Lipinski definition) is 11. The van der Waals surface area contributed by atoms with Crippen molar-refractivity contribution in [2.45, 2.75) is 109 Å². The number of aliphatic hydroxyl groups excluding tert-OH is 2. The molecule has 13 N–H and O–H groups in total. The molecule has 20 heteroatoms.